The molecule has 0 radical (unpaired) electrons. The number of esters is 1. The Morgan fingerprint density at radius 2 is 1.72 bits per heavy atom. The molecule has 5 heteroatoms. The SMILES string of the molecule is COC(=O)Cc1cc(C(=O)c2ccc(Br)cc2)sc1-c1ccccc1. The zero-order valence-electron chi connectivity index (χ0n) is 13.5. The normalized spacial score (nSPS) is 10.5. The third kappa shape index (κ3) is 4.06. The lowest BCUT2D eigenvalue weighted by molar-refractivity contribution is -0.139. The first kappa shape index (κ1) is 17.6. The van der Waals surface area contributed by atoms with E-state index in [2.05, 4.69) is 15.9 Å². The van der Waals surface area contributed by atoms with Crippen molar-refractivity contribution < 1.29 is 14.3 Å². The highest BCUT2D eigenvalue weighted by atomic mass is 79.9. The average molecular weight is 415 g/mol. The number of hydrogen-bond acceptors (Lipinski definition) is 4. The first-order chi connectivity index (χ1) is 12.1. The van der Waals surface area contributed by atoms with Gasteiger partial charge in [0.15, 0.2) is 0 Å². The van der Waals surface area contributed by atoms with Gasteiger partial charge in [0.1, 0.15) is 0 Å². The molecule has 126 valence electrons. The van der Waals surface area contributed by atoms with Crippen molar-refractivity contribution in [3.05, 3.63) is 81.1 Å². The molecule has 25 heavy (non-hydrogen) atoms. The minimum absolute atomic E-state index is 0.0502. The van der Waals surface area contributed by atoms with Crippen LogP contribution in [0.5, 0.6) is 0 Å². The summed E-state index contributed by atoms with van der Waals surface area (Å²) >= 11 is 4.78. The molecule has 0 atom stereocenters. The molecule has 0 aliphatic rings. The van der Waals surface area contributed by atoms with Crippen molar-refractivity contribution in [3.8, 4) is 10.4 Å². The Bertz CT molecular complexity index is 898. The summed E-state index contributed by atoms with van der Waals surface area (Å²) in [6.45, 7) is 0. The molecule has 3 rings (SSSR count). The standard InChI is InChI=1S/C20H15BrO3S/c1-24-18(22)12-15-11-17(19(23)13-7-9-16(21)10-8-13)25-20(15)14-5-3-2-4-6-14/h2-11H,12H2,1H3. The maximum atomic E-state index is 12.8. The van der Waals surface area contributed by atoms with Crippen molar-refractivity contribution >= 4 is 39.0 Å². The number of halogens is 1. The van der Waals surface area contributed by atoms with E-state index < -0.39 is 0 Å². The molecule has 1 heterocycles. The van der Waals surface area contributed by atoms with E-state index in [1.807, 2.05) is 42.5 Å². The minimum Gasteiger partial charge on any atom is -0.469 e. The largest absolute Gasteiger partial charge is 0.469 e. The molecule has 3 aromatic rings. The number of benzene rings is 2. The highest BCUT2D eigenvalue weighted by Crippen LogP contribution is 2.34. The summed E-state index contributed by atoms with van der Waals surface area (Å²) in [5.74, 6) is -0.372. The van der Waals surface area contributed by atoms with E-state index in [0.717, 1.165) is 20.5 Å². The van der Waals surface area contributed by atoms with Crippen LogP contribution in [0.3, 0.4) is 0 Å². The smallest absolute Gasteiger partial charge is 0.310 e. The molecule has 3 nitrogen and oxygen atoms in total. The minimum atomic E-state index is -0.322. The van der Waals surface area contributed by atoms with Gasteiger partial charge in [0.05, 0.1) is 18.4 Å². The maximum Gasteiger partial charge on any atom is 0.310 e. The predicted octanol–water partition coefficient (Wildman–Crippen LogP) is 5.12. The van der Waals surface area contributed by atoms with Crippen LogP contribution in [0.2, 0.25) is 0 Å². The zero-order chi connectivity index (χ0) is 17.8. The van der Waals surface area contributed by atoms with Crippen molar-refractivity contribution in [2.75, 3.05) is 7.11 Å². The summed E-state index contributed by atoms with van der Waals surface area (Å²) in [6.07, 6.45) is 0.144. The van der Waals surface area contributed by atoms with Crippen LogP contribution in [0.4, 0.5) is 0 Å². The van der Waals surface area contributed by atoms with Crippen LogP contribution in [0.1, 0.15) is 20.8 Å². The fraction of sp³-hybridized carbons (Fsp3) is 0.100. The van der Waals surface area contributed by atoms with Crippen LogP contribution >= 0.6 is 27.3 Å². The molecule has 0 saturated heterocycles. The molecular formula is C20H15BrO3S. The Morgan fingerprint density at radius 1 is 1.04 bits per heavy atom. The Morgan fingerprint density at radius 3 is 2.36 bits per heavy atom. The molecule has 0 N–H and O–H groups in total. The molecule has 0 saturated carbocycles. The summed E-state index contributed by atoms with van der Waals surface area (Å²) in [4.78, 5) is 26.1. The molecular weight excluding hydrogens is 400 g/mol. The number of thiophene rings is 1. The second kappa shape index (κ2) is 7.76. The van der Waals surface area contributed by atoms with Gasteiger partial charge in [-0.3, -0.25) is 9.59 Å². The van der Waals surface area contributed by atoms with Crippen molar-refractivity contribution in [3.63, 3.8) is 0 Å². The molecule has 0 aliphatic carbocycles. The summed E-state index contributed by atoms with van der Waals surface area (Å²) in [5, 5.41) is 0. The van der Waals surface area contributed by atoms with E-state index >= 15 is 0 Å². The molecule has 0 amide bonds. The van der Waals surface area contributed by atoms with Gasteiger partial charge in [0.25, 0.3) is 0 Å². The number of carbonyl (C=O) groups excluding carboxylic acids is 2. The highest BCUT2D eigenvalue weighted by Gasteiger charge is 2.19. The van der Waals surface area contributed by atoms with E-state index in [1.54, 1.807) is 18.2 Å². The second-order valence-electron chi connectivity index (χ2n) is 5.42. The van der Waals surface area contributed by atoms with Crippen LogP contribution in [-0.2, 0) is 16.0 Å². The highest BCUT2D eigenvalue weighted by molar-refractivity contribution is 9.10. The second-order valence-corrected chi connectivity index (χ2v) is 7.39. The zero-order valence-corrected chi connectivity index (χ0v) is 15.9. The number of hydrogen-bond donors (Lipinski definition) is 0. The average Bonchev–Trinajstić information content (AvgIpc) is 3.06. The van der Waals surface area contributed by atoms with Crippen LogP contribution < -0.4 is 0 Å². The van der Waals surface area contributed by atoms with E-state index in [4.69, 9.17) is 4.74 Å². The van der Waals surface area contributed by atoms with Gasteiger partial charge in [0, 0.05) is 14.9 Å². The Labute approximate surface area is 158 Å². The first-order valence-electron chi connectivity index (χ1n) is 7.63. The summed E-state index contributed by atoms with van der Waals surface area (Å²) < 4.78 is 5.71. The third-order valence-corrected chi connectivity index (χ3v) is 5.49. The number of carbonyl (C=O) groups is 2. The third-order valence-electron chi connectivity index (χ3n) is 3.74. The maximum absolute atomic E-state index is 12.8. The Kier molecular flexibility index (Phi) is 5.46. The fourth-order valence-electron chi connectivity index (χ4n) is 2.48. The van der Waals surface area contributed by atoms with E-state index in [1.165, 1.54) is 18.4 Å². The Balaban J connectivity index is 2.02. The van der Waals surface area contributed by atoms with E-state index in [9.17, 15) is 9.59 Å². The van der Waals surface area contributed by atoms with Gasteiger partial charge in [-0.2, -0.15) is 0 Å². The van der Waals surface area contributed by atoms with Crippen molar-refractivity contribution in [1.82, 2.24) is 0 Å². The van der Waals surface area contributed by atoms with Gasteiger partial charge < -0.3 is 4.74 Å². The van der Waals surface area contributed by atoms with Crippen molar-refractivity contribution in [2.24, 2.45) is 0 Å². The molecule has 0 aliphatic heterocycles. The number of rotatable bonds is 5. The molecule has 2 aromatic carbocycles. The first-order valence-corrected chi connectivity index (χ1v) is 9.24. The van der Waals surface area contributed by atoms with Crippen molar-refractivity contribution in [2.45, 2.75) is 6.42 Å². The van der Waals surface area contributed by atoms with Gasteiger partial charge in [-0.15, -0.1) is 11.3 Å². The summed E-state index contributed by atoms with van der Waals surface area (Å²) in [6, 6.07) is 18.8. The lowest BCUT2D eigenvalue weighted by Gasteiger charge is -2.02. The van der Waals surface area contributed by atoms with Crippen LogP contribution in [0.25, 0.3) is 10.4 Å². The number of methoxy groups -OCH3 is 1. The van der Waals surface area contributed by atoms with Crippen LogP contribution in [-0.4, -0.2) is 18.9 Å². The molecule has 1 aromatic heterocycles. The van der Waals surface area contributed by atoms with Gasteiger partial charge in [-0.05, 0) is 41.5 Å². The molecule has 0 bridgehead atoms. The lowest BCUT2D eigenvalue weighted by atomic mass is 10.1. The van der Waals surface area contributed by atoms with Gasteiger partial charge in [0.2, 0.25) is 5.78 Å². The fourth-order valence-corrected chi connectivity index (χ4v) is 3.89. The summed E-state index contributed by atoms with van der Waals surface area (Å²) in [5.41, 5.74) is 2.42. The van der Waals surface area contributed by atoms with Gasteiger partial charge in [-0.1, -0.05) is 46.3 Å². The number of ketones is 1. The molecule has 0 spiro atoms. The van der Waals surface area contributed by atoms with Gasteiger partial charge >= 0.3 is 5.97 Å². The van der Waals surface area contributed by atoms with E-state index in [0.29, 0.717) is 10.4 Å². The van der Waals surface area contributed by atoms with Crippen LogP contribution in [0, 0.1) is 0 Å². The van der Waals surface area contributed by atoms with Crippen molar-refractivity contribution in [1.29, 1.82) is 0 Å². The summed E-state index contributed by atoms with van der Waals surface area (Å²) in [7, 11) is 1.37. The van der Waals surface area contributed by atoms with Gasteiger partial charge in [-0.25, -0.2) is 0 Å². The lowest BCUT2D eigenvalue weighted by Crippen LogP contribution is -2.04. The molecule has 0 unspecified atom stereocenters. The molecule has 0 fully saturated rings. The number of ether oxygens (including phenoxy) is 1. The van der Waals surface area contributed by atoms with E-state index in [-0.39, 0.29) is 18.2 Å². The predicted molar refractivity (Wildman–Crippen MR) is 103 cm³/mol. The quantitative estimate of drug-likeness (QED) is 0.429. The monoisotopic (exact) mass is 414 g/mol. The Hall–Kier alpha value is -2.24. The van der Waals surface area contributed by atoms with Crippen LogP contribution in [0.15, 0.2) is 65.1 Å². The topological polar surface area (TPSA) is 43.4 Å².